The molecule has 2 amide bonds. The van der Waals surface area contributed by atoms with E-state index >= 15 is 0 Å². The molecular formula is C20H26N2O5. The average Bonchev–Trinajstić information content (AvgIpc) is 3.16. The number of amides is 2. The van der Waals surface area contributed by atoms with E-state index in [1.54, 1.807) is 6.08 Å². The Morgan fingerprint density at radius 1 is 1.33 bits per heavy atom. The zero-order valence-electron chi connectivity index (χ0n) is 15.3. The second kappa shape index (κ2) is 10.4. The zero-order chi connectivity index (χ0) is 19.6. The van der Waals surface area contributed by atoms with Gasteiger partial charge < -0.3 is 15.2 Å². The lowest BCUT2D eigenvalue weighted by Crippen LogP contribution is -2.50. The van der Waals surface area contributed by atoms with Gasteiger partial charge in [-0.25, -0.2) is 9.59 Å². The Bertz CT molecular complexity index is 662. The van der Waals surface area contributed by atoms with Gasteiger partial charge in [-0.15, -0.1) is 6.58 Å². The van der Waals surface area contributed by atoms with E-state index in [2.05, 4.69) is 11.9 Å². The second-order valence-electron chi connectivity index (χ2n) is 6.51. The molecule has 1 aromatic rings. The number of ether oxygens (including phenoxy) is 1. The molecule has 1 fully saturated rings. The number of carboxylic acid groups (broad SMARTS) is 1. The minimum atomic E-state index is -1.08. The Kier molecular flexibility index (Phi) is 7.85. The topological polar surface area (TPSA) is 95.9 Å². The van der Waals surface area contributed by atoms with Gasteiger partial charge in [-0.1, -0.05) is 36.4 Å². The molecule has 1 aliphatic heterocycles. The number of likely N-dealkylation sites (tertiary alicyclic amines) is 1. The number of hydrogen-bond donors (Lipinski definition) is 2. The summed E-state index contributed by atoms with van der Waals surface area (Å²) in [6.07, 6.45) is 3.93. The van der Waals surface area contributed by atoms with Crippen molar-refractivity contribution < 1.29 is 24.2 Å². The quantitative estimate of drug-likeness (QED) is 0.512. The summed E-state index contributed by atoms with van der Waals surface area (Å²) in [5.74, 6) is -1.53. The fourth-order valence-corrected chi connectivity index (χ4v) is 3.05. The molecule has 0 unspecified atom stereocenters. The summed E-state index contributed by atoms with van der Waals surface area (Å²) >= 11 is 0. The molecule has 146 valence electrons. The van der Waals surface area contributed by atoms with E-state index in [-0.39, 0.29) is 6.61 Å². The molecule has 1 aromatic carbocycles. The van der Waals surface area contributed by atoms with E-state index in [0.717, 1.165) is 5.56 Å². The Hall–Kier alpha value is -2.83. The van der Waals surface area contributed by atoms with E-state index in [1.165, 1.54) is 4.90 Å². The van der Waals surface area contributed by atoms with E-state index in [4.69, 9.17) is 4.74 Å². The van der Waals surface area contributed by atoms with Crippen LogP contribution in [-0.4, -0.2) is 46.6 Å². The van der Waals surface area contributed by atoms with Crippen LogP contribution in [-0.2, 0) is 20.9 Å². The molecule has 0 spiro atoms. The predicted molar refractivity (Wildman–Crippen MR) is 100.0 cm³/mol. The van der Waals surface area contributed by atoms with Crippen molar-refractivity contribution in [3.8, 4) is 0 Å². The lowest BCUT2D eigenvalue weighted by atomic mass is 10.1. The van der Waals surface area contributed by atoms with Crippen LogP contribution in [0.1, 0.15) is 37.7 Å². The minimum absolute atomic E-state index is 0.129. The average molecular weight is 374 g/mol. The normalized spacial score (nSPS) is 17.2. The molecule has 7 heteroatoms. The Morgan fingerprint density at radius 3 is 2.74 bits per heavy atom. The smallest absolute Gasteiger partial charge is 0.410 e. The highest BCUT2D eigenvalue weighted by Gasteiger charge is 2.36. The maximum Gasteiger partial charge on any atom is 0.410 e. The number of allylic oxidation sites excluding steroid dienone is 1. The van der Waals surface area contributed by atoms with Crippen molar-refractivity contribution in [1.82, 2.24) is 10.2 Å². The summed E-state index contributed by atoms with van der Waals surface area (Å²) < 4.78 is 5.30. The molecule has 0 aliphatic carbocycles. The van der Waals surface area contributed by atoms with Crippen molar-refractivity contribution in [2.45, 2.75) is 50.8 Å². The molecule has 7 nitrogen and oxygen atoms in total. The van der Waals surface area contributed by atoms with Gasteiger partial charge in [0, 0.05) is 6.54 Å². The van der Waals surface area contributed by atoms with Crippen LogP contribution in [0.2, 0.25) is 0 Å². The van der Waals surface area contributed by atoms with Crippen LogP contribution in [0.3, 0.4) is 0 Å². The fourth-order valence-electron chi connectivity index (χ4n) is 3.05. The molecule has 1 aliphatic rings. The van der Waals surface area contributed by atoms with Crippen molar-refractivity contribution in [2.75, 3.05) is 6.54 Å². The van der Waals surface area contributed by atoms with Gasteiger partial charge in [0.1, 0.15) is 18.7 Å². The third kappa shape index (κ3) is 6.13. The lowest BCUT2D eigenvalue weighted by Gasteiger charge is -2.25. The zero-order valence-corrected chi connectivity index (χ0v) is 15.3. The number of hydrogen-bond acceptors (Lipinski definition) is 4. The van der Waals surface area contributed by atoms with Crippen molar-refractivity contribution in [2.24, 2.45) is 0 Å². The monoisotopic (exact) mass is 374 g/mol. The molecule has 0 aromatic heterocycles. The molecular weight excluding hydrogens is 348 g/mol. The standard InChI is InChI=1S/C20H26N2O5/c1-2-3-5-11-16(19(24)25)21-18(23)17-12-8-13-22(17)20(26)27-14-15-9-6-4-7-10-15/h2,4,6-7,9-10,16-17H,1,3,5,8,11-14H2,(H,21,23)(H,24,25)/t16-,17+/m0/s1. The summed E-state index contributed by atoms with van der Waals surface area (Å²) in [7, 11) is 0. The van der Waals surface area contributed by atoms with Gasteiger partial charge in [0.2, 0.25) is 5.91 Å². The van der Waals surface area contributed by atoms with Crippen LogP contribution in [0.15, 0.2) is 43.0 Å². The maximum atomic E-state index is 12.5. The van der Waals surface area contributed by atoms with Gasteiger partial charge in [-0.05, 0) is 37.7 Å². The molecule has 27 heavy (non-hydrogen) atoms. The third-order valence-electron chi connectivity index (χ3n) is 4.51. The highest BCUT2D eigenvalue weighted by Crippen LogP contribution is 2.19. The van der Waals surface area contributed by atoms with Gasteiger partial charge in [-0.3, -0.25) is 9.69 Å². The Labute approximate surface area is 159 Å². The number of carbonyl (C=O) groups excluding carboxylic acids is 2. The summed E-state index contributed by atoms with van der Waals surface area (Å²) in [5.41, 5.74) is 0.860. The number of benzene rings is 1. The number of carbonyl (C=O) groups is 3. The predicted octanol–water partition coefficient (Wildman–Crippen LogP) is 2.71. The largest absolute Gasteiger partial charge is 0.480 e. The van der Waals surface area contributed by atoms with Crippen molar-refractivity contribution in [1.29, 1.82) is 0 Å². The van der Waals surface area contributed by atoms with Gasteiger partial charge in [0.15, 0.2) is 0 Å². The van der Waals surface area contributed by atoms with Crippen molar-refractivity contribution in [3.63, 3.8) is 0 Å². The first-order valence-electron chi connectivity index (χ1n) is 9.14. The van der Waals surface area contributed by atoms with Gasteiger partial charge in [0.05, 0.1) is 0 Å². The van der Waals surface area contributed by atoms with Crippen LogP contribution in [0.25, 0.3) is 0 Å². The first-order chi connectivity index (χ1) is 13.0. The number of carboxylic acids is 1. The Morgan fingerprint density at radius 2 is 2.07 bits per heavy atom. The van der Waals surface area contributed by atoms with Crippen molar-refractivity contribution in [3.05, 3.63) is 48.6 Å². The maximum absolute atomic E-state index is 12.5. The molecule has 0 radical (unpaired) electrons. The summed E-state index contributed by atoms with van der Waals surface area (Å²) in [6.45, 7) is 4.15. The number of nitrogens with zero attached hydrogens (tertiary/aromatic N) is 1. The molecule has 0 bridgehead atoms. The van der Waals surface area contributed by atoms with Gasteiger partial charge in [-0.2, -0.15) is 0 Å². The first kappa shape index (κ1) is 20.5. The lowest BCUT2D eigenvalue weighted by molar-refractivity contribution is -0.142. The van der Waals surface area contributed by atoms with Crippen LogP contribution in [0.4, 0.5) is 4.79 Å². The summed E-state index contributed by atoms with van der Waals surface area (Å²) in [4.78, 5) is 37.6. The minimum Gasteiger partial charge on any atom is -0.480 e. The van der Waals surface area contributed by atoms with Crippen molar-refractivity contribution >= 4 is 18.0 Å². The fraction of sp³-hybridized carbons (Fsp3) is 0.450. The molecule has 2 N–H and O–H groups in total. The van der Waals surface area contributed by atoms with Crippen LogP contribution >= 0.6 is 0 Å². The van der Waals surface area contributed by atoms with E-state index < -0.39 is 30.1 Å². The number of aliphatic carboxylic acids is 1. The SMILES string of the molecule is C=CCCC[C@H](NC(=O)[C@H]1CCCN1C(=O)OCc1ccccc1)C(=O)O. The molecule has 0 saturated carbocycles. The number of unbranched alkanes of at least 4 members (excludes halogenated alkanes) is 1. The second-order valence-corrected chi connectivity index (χ2v) is 6.51. The summed E-state index contributed by atoms with van der Waals surface area (Å²) in [6, 6.07) is 7.61. The highest BCUT2D eigenvalue weighted by atomic mass is 16.6. The van der Waals surface area contributed by atoms with E-state index in [9.17, 15) is 19.5 Å². The summed E-state index contributed by atoms with van der Waals surface area (Å²) in [5, 5.41) is 11.9. The Balaban J connectivity index is 1.90. The highest BCUT2D eigenvalue weighted by molar-refractivity contribution is 5.89. The first-order valence-corrected chi connectivity index (χ1v) is 9.14. The molecule has 1 heterocycles. The van der Waals surface area contributed by atoms with Gasteiger partial charge in [0.25, 0.3) is 0 Å². The molecule has 2 rings (SSSR count). The third-order valence-corrected chi connectivity index (χ3v) is 4.51. The van der Waals surface area contributed by atoms with Crippen LogP contribution in [0.5, 0.6) is 0 Å². The van der Waals surface area contributed by atoms with E-state index in [1.807, 2.05) is 30.3 Å². The molecule has 2 atom stereocenters. The van der Waals surface area contributed by atoms with E-state index in [0.29, 0.717) is 38.6 Å². The number of nitrogens with one attached hydrogen (secondary N) is 1. The number of rotatable bonds is 9. The van der Waals surface area contributed by atoms with Gasteiger partial charge >= 0.3 is 12.1 Å². The van der Waals surface area contributed by atoms with Crippen LogP contribution < -0.4 is 5.32 Å². The van der Waals surface area contributed by atoms with Crippen LogP contribution in [0, 0.1) is 0 Å². The molecule has 1 saturated heterocycles.